The molecule has 1 fully saturated rings. The first kappa shape index (κ1) is 13.8. The predicted molar refractivity (Wildman–Crippen MR) is 63.7 cm³/mol. The molecule has 1 aliphatic heterocycles. The van der Waals surface area contributed by atoms with Crippen LogP contribution in [-0.2, 0) is 9.53 Å². The third-order valence-corrected chi connectivity index (χ3v) is 3.03. The fourth-order valence-corrected chi connectivity index (χ4v) is 1.98. The maximum Gasteiger partial charge on any atom is 0.231 e. The van der Waals surface area contributed by atoms with Crippen LogP contribution in [0.4, 0.5) is 0 Å². The molecule has 6 heteroatoms. The van der Waals surface area contributed by atoms with Crippen LogP contribution in [0.1, 0.15) is 27.2 Å². The molecule has 1 rings (SSSR count). The summed E-state index contributed by atoms with van der Waals surface area (Å²) in [4.78, 5) is 12.1. The number of carbonyl (C=O) groups is 1. The van der Waals surface area contributed by atoms with Crippen molar-refractivity contribution in [1.82, 2.24) is 5.32 Å². The number of hydrogen-bond donors (Lipinski definition) is 3. The highest BCUT2D eigenvalue weighted by molar-refractivity contribution is 6.02. The summed E-state index contributed by atoms with van der Waals surface area (Å²) < 4.78 is 5.26. The van der Waals surface area contributed by atoms with E-state index in [1.165, 1.54) is 0 Å². The number of nitrogens with one attached hydrogen (secondary N) is 1. The van der Waals surface area contributed by atoms with E-state index in [9.17, 15) is 4.79 Å². The van der Waals surface area contributed by atoms with E-state index in [1.807, 2.05) is 20.8 Å². The average molecular weight is 243 g/mol. The lowest BCUT2D eigenvalue weighted by Crippen LogP contribution is -2.52. The molecule has 17 heavy (non-hydrogen) atoms. The monoisotopic (exact) mass is 243 g/mol. The van der Waals surface area contributed by atoms with E-state index in [1.54, 1.807) is 0 Å². The highest BCUT2D eigenvalue weighted by Gasteiger charge is 2.35. The number of nitrogens with two attached hydrogens (primary N) is 1. The standard InChI is InChI=1S/C11H21N3O3/c1-7(2)8(9(12)14-16)10(15)13-11(3)4-5-17-6-11/h7-8,16H,4-6H2,1-3H3,(H2,12,14)(H,13,15). The lowest BCUT2D eigenvalue weighted by atomic mass is 9.91. The Balaban J connectivity index is 2.72. The first-order valence-corrected chi connectivity index (χ1v) is 5.77. The summed E-state index contributed by atoms with van der Waals surface area (Å²) in [5.41, 5.74) is 5.20. The second kappa shape index (κ2) is 5.35. The van der Waals surface area contributed by atoms with Crippen molar-refractivity contribution >= 4 is 11.7 Å². The van der Waals surface area contributed by atoms with Crippen molar-refractivity contribution in [3.05, 3.63) is 0 Å². The van der Waals surface area contributed by atoms with Crippen LogP contribution in [0.3, 0.4) is 0 Å². The summed E-state index contributed by atoms with van der Waals surface area (Å²) in [6.45, 7) is 6.79. The first-order valence-electron chi connectivity index (χ1n) is 5.77. The van der Waals surface area contributed by atoms with Gasteiger partial charge in [0.1, 0.15) is 5.92 Å². The normalized spacial score (nSPS) is 27.2. The van der Waals surface area contributed by atoms with Gasteiger partial charge in [-0.1, -0.05) is 19.0 Å². The van der Waals surface area contributed by atoms with Gasteiger partial charge in [-0.25, -0.2) is 0 Å². The van der Waals surface area contributed by atoms with Gasteiger partial charge in [-0.05, 0) is 19.3 Å². The van der Waals surface area contributed by atoms with Crippen LogP contribution < -0.4 is 11.1 Å². The number of ether oxygens (including phenoxy) is 1. The van der Waals surface area contributed by atoms with E-state index in [0.29, 0.717) is 13.2 Å². The van der Waals surface area contributed by atoms with Gasteiger partial charge in [0.25, 0.3) is 0 Å². The molecule has 0 aromatic carbocycles. The summed E-state index contributed by atoms with van der Waals surface area (Å²) >= 11 is 0. The van der Waals surface area contributed by atoms with Gasteiger partial charge in [0.05, 0.1) is 12.1 Å². The molecule has 1 heterocycles. The van der Waals surface area contributed by atoms with Crippen molar-refractivity contribution in [3.8, 4) is 0 Å². The lowest BCUT2D eigenvalue weighted by molar-refractivity contribution is -0.125. The van der Waals surface area contributed by atoms with Crippen LogP contribution in [0.2, 0.25) is 0 Å². The molecular weight excluding hydrogens is 222 g/mol. The molecule has 0 radical (unpaired) electrons. The Morgan fingerprint density at radius 1 is 1.59 bits per heavy atom. The molecule has 1 amide bonds. The molecule has 6 nitrogen and oxygen atoms in total. The Kier molecular flexibility index (Phi) is 4.34. The van der Waals surface area contributed by atoms with E-state index >= 15 is 0 Å². The van der Waals surface area contributed by atoms with E-state index in [0.717, 1.165) is 6.42 Å². The van der Waals surface area contributed by atoms with E-state index < -0.39 is 5.92 Å². The summed E-state index contributed by atoms with van der Waals surface area (Å²) in [6, 6.07) is 0. The highest BCUT2D eigenvalue weighted by Crippen LogP contribution is 2.20. The van der Waals surface area contributed by atoms with Crippen molar-refractivity contribution in [2.45, 2.75) is 32.7 Å². The Hall–Kier alpha value is -1.30. The molecular formula is C11H21N3O3. The molecule has 0 aromatic heterocycles. The van der Waals surface area contributed by atoms with Gasteiger partial charge in [-0.2, -0.15) is 0 Å². The topological polar surface area (TPSA) is 96.9 Å². The van der Waals surface area contributed by atoms with Gasteiger partial charge in [0, 0.05) is 6.61 Å². The van der Waals surface area contributed by atoms with Gasteiger partial charge in [-0.3, -0.25) is 4.79 Å². The van der Waals surface area contributed by atoms with Crippen molar-refractivity contribution in [1.29, 1.82) is 0 Å². The van der Waals surface area contributed by atoms with Gasteiger partial charge < -0.3 is 21.0 Å². The average Bonchev–Trinajstić information content (AvgIpc) is 2.63. The Bertz CT molecular complexity index is 309. The van der Waals surface area contributed by atoms with Crippen LogP contribution in [0.25, 0.3) is 0 Å². The third kappa shape index (κ3) is 3.33. The Morgan fingerprint density at radius 3 is 2.65 bits per heavy atom. The molecule has 4 N–H and O–H groups in total. The fourth-order valence-electron chi connectivity index (χ4n) is 1.98. The van der Waals surface area contributed by atoms with Gasteiger partial charge >= 0.3 is 0 Å². The Labute approximate surface area is 101 Å². The quantitative estimate of drug-likeness (QED) is 0.286. The third-order valence-electron chi connectivity index (χ3n) is 3.03. The van der Waals surface area contributed by atoms with Crippen LogP contribution in [-0.4, -0.2) is 35.7 Å². The van der Waals surface area contributed by atoms with Gasteiger partial charge in [0.2, 0.25) is 5.91 Å². The minimum Gasteiger partial charge on any atom is -0.409 e. The summed E-state index contributed by atoms with van der Waals surface area (Å²) in [7, 11) is 0. The minimum absolute atomic E-state index is 0.0307. The smallest absolute Gasteiger partial charge is 0.231 e. The van der Waals surface area contributed by atoms with Crippen LogP contribution >= 0.6 is 0 Å². The first-order chi connectivity index (χ1) is 7.89. The summed E-state index contributed by atoms with van der Waals surface area (Å²) in [5, 5.41) is 14.5. The highest BCUT2D eigenvalue weighted by atomic mass is 16.5. The van der Waals surface area contributed by atoms with E-state index in [4.69, 9.17) is 15.7 Å². The van der Waals surface area contributed by atoms with Gasteiger partial charge in [0.15, 0.2) is 5.84 Å². The zero-order chi connectivity index (χ0) is 13.1. The minimum atomic E-state index is -0.613. The number of amidine groups is 1. The zero-order valence-corrected chi connectivity index (χ0v) is 10.6. The molecule has 98 valence electrons. The molecule has 0 bridgehead atoms. The van der Waals surface area contributed by atoms with Crippen LogP contribution in [0.5, 0.6) is 0 Å². The molecule has 1 aliphatic rings. The molecule has 0 aromatic rings. The molecule has 0 spiro atoms. The zero-order valence-electron chi connectivity index (χ0n) is 10.6. The van der Waals surface area contributed by atoms with Gasteiger partial charge in [-0.15, -0.1) is 0 Å². The second-order valence-electron chi connectivity index (χ2n) is 5.10. The number of oxime groups is 1. The van der Waals surface area contributed by atoms with Crippen molar-refractivity contribution < 1.29 is 14.7 Å². The van der Waals surface area contributed by atoms with Crippen molar-refractivity contribution in [3.63, 3.8) is 0 Å². The molecule has 2 atom stereocenters. The SMILES string of the molecule is CC(C)C(C(=O)NC1(C)CCOC1)C(N)=NO. The number of rotatable bonds is 4. The maximum atomic E-state index is 12.1. The second-order valence-corrected chi connectivity index (χ2v) is 5.10. The van der Waals surface area contributed by atoms with Crippen LogP contribution in [0, 0.1) is 11.8 Å². The predicted octanol–water partition coefficient (Wildman–Crippen LogP) is 0.300. The maximum absolute atomic E-state index is 12.1. The lowest BCUT2D eigenvalue weighted by Gasteiger charge is -2.27. The van der Waals surface area contributed by atoms with Crippen molar-refractivity contribution in [2.24, 2.45) is 22.7 Å². The molecule has 0 saturated carbocycles. The summed E-state index contributed by atoms with van der Waals surface area (Å²) in [5.74, 6) is -0.919. The largest absolute Gasteiger partial charge is 0.409 e. The Morgan fingerprint density at radius 2 is 2.24 bits per heavy atom. The van der Waals surface area contributed by atoms with Crippen LogP contribution in [0.15, 0.2) is 5.16 Å². The summed E-state index contributed by atoms with van der Waals surface area (Å²) in [6.07, 6.45) is 0.778. The number of amides is 1. The number of hydrogen-bond acceptors (Lipinski definition) is 4. The number of nitrogens with zero attached hydrogens (tertiary/aromatic N) is 1. The number of carbonyl (C=O) groups excluding carboxylic acids is 1. The molecule has 0 aliphatic carbocycles. The molecule has 1 saturated heterocycles. The van der Waals surface area contributed by atoms with E-state index in [2.05, 4.69) is 10.5 Å². The van der Waals surface area contributed by atoms with E-state index in [-0.39, 0.29) is 23.2 Å². The molecule has 2 unspecified atom stereocenters. The van der Waals surface area contributed by atoms with Crippen molar-refractivity contribution in [2.75, 3.05) is 13.2 Å². The fraction of sp³-hybridized carbons (Fsp3) is 0.818.